The maximum atomic E-state index is 13.0. The Kier molecular flexibility index (Phi) is 8.91. The monoisotopic (exact) mass is 412 g/mol. The molecule has 1 aliphatic rings. The van der Waals surface area contributed by atoms with E-state index in [4.69, 9.17) is 4.74 Å². The number of carbonyl (C=O) groups excluding carboxylic acids is 4. The van der Waals surface area contributed by atoms with Crippen molar-refractivity contribution in [2.75, 3.05) is 26.7 Å². The minimum atomic E-state index is -1.31. The number of alkyl carbamates (subject to hydrolysis) is 1. The van der Waals surface area contributed by atoms with Gasteiger partial charge in [0.25, 0.3) is 0 Å². The quantitative estimate of drug-likeness (QED) is 0.645. The van der Waals surface area contributed by atoms with E-state index in [9.17, 15) is 24.3 Å². The second-order valence-electron chi connectivity index (χ2n) is 8.68. The van der Waals surface area contributed by atoms with Crippen LogP contribution in [0, 0.1) is 11.8 Å². The Morgan fingerprint density at radius 1 is 1.21 bits per heavy atom. The summed E-state index contributed by atoms with van der Waals surface area (Å²) in [6.45, 7) is 9.40. The number of rotatable bonds is 7. The molecule has 9 heteroatoms. The summed E-state index contributed by atoms with van der Waals surface area (Å²) in [5.41, 5.74) is -0.663. The van der Waals surface area contributed by atoms with Gasteiger partial charge in [-0.15, -0.1) is 0 Å². The molecule has 0 aliphatic carbocycles. The van der Waals surface area contributed by atoms with Crippen LogP contribution in [0.15, 0.2) is 0 Å². The third kappa shape index (κ3) is 7.91. The van der Waals surface area contributed by atoms with Crippen LogP contribution in [0.3, 0.4) is 0 Å². The van der Waals surface area contributed by atoms with Gasteiger partial charge in [-0.2, -0.15) is 0 Å². The van der Waals surface area contributed by atoms with Crippen LogP contribution in [-0.2, 0) is 19.1 Å². The van der Waals surface area contributed by atoms with E-state index < -0.39 is 30.3 Å². The Bertz CT molecular complexity index is 608. The number of carboxylic acid groups (broad SMARTS) is 1. The Hall–Kier alpha value is -2.32. The number of nitrogens with zero attached hydrogens (tertiary/aromatic N) is 2. The normalized spacial score (nSPS) is 17.2. The predicted octanol–water partition coefficient (Wildman–Crippen LogP) is 0.373. The fraction of sp³-hybridized carbons (Fsp3) is 0.800. The van der Waals surface area contributed by atoms with Crippen LogP contribution < -0.4 is 10.4 Å². The summed E-state index contributed by atoms with van der Waals surface area (Å²) in [5, 5.41) is 13.4. The fourth-order valence-electron chi connectivity index (χ4n) is 3.24. The summed E-state index contributed by atoms with van der Waals surface area (Å²) in [4.78, 5) is 51.0. The summed E-state index contributed by atoms with van der Waals surface area (Å²) in [7, 11) is 1.43. The van der Waals surface area contributed by atoms with E-state index in [0.717, 1.165) is 4.90 Å². The molecular formula is C20H34N3O6-. The van der Waals surface area contributed by atoms with Crippen molar-refractivity contribution in [3.63, 3.8) is 0 Å². The summed E-state index contributed by atoms with van der Waals surface area (Å²) >= 11 is 0. The van der Waals surface area contributed by atoms with Gasteiger partial charge in [0.1, 0.15) is 11.6 Å². The van der Waals surface area contributed by atoms with Crippen LogP contribution >= 0.6 is 0 Å². The summed E-state index contributed by atoms with van der Waals surface area (Å²) in [5.74, 6) is -2.17. The molecule has 1 fully saturated rings. The molecule has 166 valence electrons. The molecule has 0 saturated carbocycles. The van der Waals surface area contributed by atoms with Gasteiger partial charge in [-0.1, -0.05) is 20.3 Å². The maximum absolute atomic E-state index is 13.0. The van der Waals surface area contributed by atoms with Gasteiger partial charge in [0.15, 0.2) is 0 Å². The van der Waals surface area contributed by atoms with Crippen molar-refractivity contribution in [3.05, 3.63) is 0 Å². The zero-order valence-corrected chi connectivity index (χ0v) is 18.3. The molecule has 0 aromatic rings. The molecule has 0 bridgehead atoms. The lowest BCUT2D eigenvalue weighted by Crippen LogP contribution is -2.54. The highest BCUT2D eigenvalue weighted by molar-refractivity contribution is 5.87. The van der Waals surface area contributed by atoms with E-state index in [1.165, 1.54) is 7.05 Å². The lowest BCUT2D eigenvalue weighted by atomic mass is 9.93. The molecule has 29 heavy (non-hydrogen) atoms. The molecule has 3 amide bonds. The Morgan fingerprint density at radius 2 is 1.76 bits per heavy atom. The van der Waals surface area contributed by atoms with Crippen molar-refractivity contribution in [1.82, 2.24) is 15.1 Å². The molecule has 1 N–H and O–H groups in total. The second kappa shape index (κ2) is 10.5. The van der Waals surface area contributed by atoms with Crippen molar-refractivity contribution < 1.29 is 29.0 Å². The van der Waals surface area contributed by atoms with Crippen LogP contribution in [0.2, 0.25) is 0 Å². The summed E-state index contributed by atoms with van der Waals surface area (Å²) in [6.07, 6.45) is 0.962. The fourth-order valence-corrected chi connectivity index (χ4v) is 3.24. The highest BCUT2D eigenvalue weighted by Gasteiger charge is 2.35. The van der Waals surface area contributed by atoms with Crippen LogP contribution in [-0.4, -0.2) is 72.0 Å². The molecule has 1 saturated heterocycles. The number of likely N-dealkylation sites (tertiary alicyclic amines) is 1. The van der Waals surface area contributed by atoms with Crippen LogP contribution in [0.1, 0.15) is 53.9 Å². The molecule has 0 radical (unpaired) electrons. The van der Waals surface area contributed by atoms with E-state index in [1.807, 2.05) is 13.8 Å². The Morgan fingerprint density at radius 3 is 2.21 bits per heavy atom. The van der Waals surface area contributed by atoms with Crippen LogP contribution in [0.25, 0.3) is 0 Å². The molecule has 0 aromatic heterocycles. The smallest absolute Gasteiger partial charge is 0.408 e. The van der Waals surface area contributed by atoms with Gasteiger partial charge >= 0.3 is 6.09 Å². The van der Waals surface area contributed by atoms with Crippen LogP contribution in [0.4, 0.5) is 4.79 Å². The lowest BCUT2D eigenvalue weighted by molar-refractivity contribution is -0.305. The first-order valence-electron chi connectivity index (χ1n) is 10.1. The number of ether oxygens (including phenoxy) is 1. The Balaban J connectivity index is 2.71. The molecule has 0 aromatic carbocycles. The predicted molar refractivity (Wildman–Crippen MR) is 105 cm³/mol. The first-order chi connectivity index (χ1) is 13.4. The van der Waals surface area contributed by atoms with Crippen LogP contribution in [0.5, 0.6) is 0 Å². The SMILES string of the molecule is CC[C@H](C)[C@H](NC(=O)OC(C)(C)C)C(=O)N1CCC(C(=O)N(C)CC(=O)[O-])CC1. The van der Waals surface area contributed by atoms with E-state index in [-0.39, 0.29) is 23.7 Å². The molecule has 1 rings (SSSR count). The maximum Gasteiger partial charge on any atom is 0.408 e. The number of amides is 3. The minimum Gasteiger partial charge on any atom is -0.548 e. The summed E-state index contributed by atoms with van der Waals surface area (Å²) < 4.78 is 5.28. The zero-order valence-electron chi connectivity index (χ0n) is 18.3. The second-order valence-corrected chi connectivity index (χ2v) is 8.68. The number of nitrogens with one attached hydrogen (secondary N) is 1. The standard InChI is InChI=1S/C20H35N3O6/c1-7-13(2)16(21-19(28)29-20(3,4)5)18(27)23-10-8-14(9-11-23)17(26)22(6)12-15(24)25/h13-14,16H,7-12H2,1-6H3,(H,21,28)(H,24,25)/p-1/t13-,16-/m0/s1. The first-order valence-corrected chi connectivity index (χ1v) is 10.1. The zero-order chi connectivity index (χ0) is 22.4. The number of carboxylic acids is 1. The van der Waals surface area contributed by atoms with Gasteiger partial charge in [0, 0.05) is 26.1 Å². The van der Waals surface area contributed by atoms with Gasteiger partial charge in [-0.05, 0) is 39.5 Å². The van der Waals surface area contributed by atoms with Gasteiger partial charge in [-0.3, -0.25) is 9.59 Å². The molecule has 1 aliphatic heterocycles. The molecule has 9 nitrogen and oxygen atoms in total. The highest BCUT2D eigenvalue weighted by Crippen LogP contribution is 2.22. The van der Waals surface area contributed by atoms with Gasteiger partial charge in [-0.25, -0.2) is 4.79 Å². The van der Waals surface area contributed by atoms with Gasteiger partial charge in [0.2, 0.25) is 11.8 Å². The number of likely N-dealkylation sites (N-methyl/N-ethyl adjacent to an activating group) is 1. The van der Waals surface area contributed by atoms with Crippen molar-refractivity contribution in [2.24, 2.45) is 11.8 Å². The number of aliphatic carboxylic acids is 1. The van der Waals surface area contributed by atoms with E-state index in [0.29, 0.717) is 32.4 Å². The average Bonchev–Trinajstić information content (AvgIpc) is 2.62. The van der Waals surface area contributed by atoms with Crippen molar-refractivity contribution in [1.29, 1.82) is 0 Å². The lowest BCUT2D eigenvalue weighted by Gasteiger charge is -2.36. The van der Waals surface area contributed by atoms with E-state index >= 15 is 0 Å². The van der Waals surface area contributed by atoms with Crippen molar-refractivity contribution in [3.8, 4) is 0 Å². The third-order valence-corrected chi connectivity index (χ3v) is 5.05. The van der Waals surface area contributed by atoms with Crippen molar-refractivity contribution in [2.45, 2.75) is 65.5 Å². The largest absolute Gasteiger partial charge is 0.548 e. The Labute approximate surface area is 172 Å². The first kappa shape index (κ1) is 24.7. The topological polar surface area (TPSA) is 119 Å². The molecule has 0 unspecified atom stereocenters. The number of hydrogen-bond donors (Lipinski definition) is 1. The number of hydrogen-bond acceptors (Lipinski definition) is 6. The molecule has 1 heterocycles. The minimum absolute atomic E-state index is 0.0800. The van der Waals surface area contributed by atoms with E-state index in [1.54, 1.807) is 25.7 Å². The third-order valence-electron chi connectivity index (χ3n) is 5.05. The van der Waals surface area contributed by atoms with Crippen molar-refractivity contribution >= 4 is 23.9 Å². The van der Waals surface area contributed by atoms with Gasteiger partial charge < -0.3 is 29.8 Å². The number of carbonyl (C=O) groups is 4. The highest BCUT2D eigenvalue weighted by atomic mass is 16.6. The van der Waals surface area contributed by atoms with Gasteiger partial charge in [0.05, 0.1) is 12.5 Å². The average molecular weight is 413 g/mol. The molecule has 2 atom stereocenters. The summed E-state index contributed by atoms with van der Waals surface area (Å²) in [6, 6.07) is -0.706. The molecular weight excluding hydrogens is 378 g/mol. The molecule has 0 spiro atoms. The number of piperidine rings is 1. The van der Waals surface area contributed by atoms with E-state index in [2.05, 4.69) is 5.32 Å².